The lowest BCUT2D eigenvalue weighted by Gasteiger charge is -2.09. The zero-order chi connectivity index (χ0) is 12.0. The molecule has 0 aromatic heterocycles. The van der Waals surface area contributed by atoms with Crippen molar-refractivity contribution in [3.05, 3.63) is 28.2 Å². The molecule has 1 unspecified atom stereocenters. The Morgan fingerprint density at radius 1 is 1.31 bits per heavy atom. The van der Waals surface area contributed by atoms with Gasteiger partial charge in [0.05, 0.1) is 10.0 Å². The van der Waals surface area contributed by atoms with Gasteiger partial charge in [-0.1, -0.05) is 23.2 Å². The van der Waals surface area contributed by atoms with Gasteiger partial charge < -0.3 is 5.32 Å². The highest BCUT2D eigenvalue weighted by Gasteiger charge is 2.01. The van der Waals surface area contributed by atoms with Crippen molar-refractivity contribution >= 4 is 35.0 Å². The van der Waals surface area contributed by atoms with Crippen molar-refractivity contribution in [2.75, 3.05) is 12.8 Å². The molecule has 0 saturated carbocycles. The van der Waals surface area contributed by atoms with E-state index in [0.717, 1.165) is 5.75 Å². The Bertz CT molecular complexity index is 331. The van der Waals surface area contributed by atoms with E-state index in [9.17, 15) is 0 Å². The van der Waals surface area contributed by atoms with E-state index >= 15 is 0 Å². The van der Waals surface area contributed by atoms with Gasteiger partial charge in [-0.2, -0.15) is 0 Å². The molecule has 1 atom stereocenters. The first-order valence-electron chi connectivity index (χ1n) is 5.38. The minimum Gasteiger partial charge on any atom is -0.317 e. The fourth-order valence-electron chi connectivity index (χ4n) is 1.29. The summed E-state index contributed by atoms with van der Waals surface area (Å²) in [6.07, 6.45) is 2.40. The van der Waals surface area contributed by atoms with Gasteiger partial charge in [0.2, 0.25) is 0 Å². The molecule has 0 amide bonds. The predicted octanol–water partition coefficient (Wildman–Crippen LogP) is 4.47. The monoisotopic (exact) mass is 277 g/mol. The summed E-state index contributed by atoms with van der Waals surface area (Å²) in [7, 11) is 2.00. The van der Waals surface area contributed by atoms with Gasteiger partial charge in [0, 0.05) is 10.9 Å². The Kier molecular flexibility index (Phi) is 6.59. The van der Waals surface area contributed by atoms with Crippen LogP contribution in [0.3, 0.4) is 0 Å². The third-order valence-corrected chi connectivity index (χ3v) is 4.25. The van der Waals surface area contributed by atoms with Crippen molar-refractivity contribution < 1.29 is 0 Å². The first-order valence-corrected chi connectivity index (χ1v) is 7.12. The summed E-state index contributed by atoms with van der Waals surface area (Å²) in [5.41, 5.74) is 0. The van der Waals surface area contributed by atoms with Gasteiger partial charge in [0.1, 0.15) is 0 Å². The second kappa shape index (κ2) is 7.44. The quantitative estimate of drug-likeness (QED) is 0.608. The van der Waals surface area contributed by atoms with Crippen molar-refractivity contribution in [2.24, 2.45) is 0 Å². The molecule has 0 aliphatic heterocycles. The number of halogens is 2. The van der Waals surface area contributed by atoms with E-state index in [1.807, 2.05) is 37.0 Å². The lowest BCUT2D eigenvalue weighted by atomic mass is 10.2. The third-order valence-electron chi connectivity index (χ3n) is 2.43. The van der Waals surface area contributed by atoms with Crippen LogP contribution in [0.4, 0.5) is 0 Å². The highest BCUT2D eigenvalue weighted by Crippen LogP contribution is 2.28. The molecule has 1 aromatic carbocycles. The van der Waals surface area contributed by atoms with Crippen LogP contribution in [0.5, 0.6) is 0 Å². The highest BCUT2D eigenvalue weighted by molar-refractivity contribution is 7.99. The van der Waals surface area contributed by atoms with Crippen LogP contribution in [0.1, 0.15) is 19.8 Å². The maximum atomic E-state index is 5.94. The van der Waals surface area contributed by atoms with Crippen molar-refractivity contribution in [3.8, 4) is 0 Å². The fourth-order valence-corrected chi connectivity index (χ4v) is 2.57. The summed E-state index contributed by atoms with van der Waals surface area (Å²) in [4.78, 5) is 1.19. The Balaban J connectivity index is 2.29. The van der Waals surface area contributed by atoms with Crippen LogP contribution >= 0.6 is 35.0 Å². The Labute approximate surface area is 112 Å². The number of rotatable bonds is 6. The molecule has 16 heavy (non-hydrogen) atoms. The fraction of sp³-hybridized carbons (Fsp3) is 0.500. The summed E-state index contributed by atoms with van der Waals surface area (Å²) < 4.78 is 0. The zero-order valence-corrected chi connectivity index (χ0v) is 11.9. The maximum absolute atomic E-state index is 5.94. The standard InChI is InChI=1S/C12H17Cl2NS/c1-9(15-2)4-3-7-16-10-5-6-11(13)12(14)8-10/h5-6,8-9,15H,3-4,7H2,1-2H3. The summed E-state index contributed by atoms with van der Waals surface area (Å²) in [6.45, 7) is 2.20. The van der Waals surface area contributed by atoms with Gasteiger partial charge in [-0.05, 0) is 50.8 Å². The molecule has 0 saturated heterocycles. The first-order chi connectivity index (χ1) is 7.63. The molecule has 4 heteroatoms. The van der Waals surface area contributed by atoms with Crippen LogP contribution in [-0.2, 0) is 0 Å². The van der Waals surface area contributed by atoms with Gasteiger partial charge in [0.15, 0.2) is 0 Å². The summed E-state index contributed by atoms with van der Waals surface area (Å²) in [6, 6.07) is 6.38. The highest BCUT2D eigenvalue weighted by atomic mass is 35.5. The van der Waals surface area contributed by atoms with Crippen molar-refractivity contribution in [1.29, 1.82) is 0 Å². The second-order valence-electron chi connectivity index (χ2n) is 3.76. The molecule has 0 heterocycles. The minimum atomic E-state index is 0.592. The molecule has 1 nitrogen and oxygen atoms in total. The molecule has 0 radical (unpaired) electrons. The topological polar surface area (TPSA) is 12.0 Å². The number of hydrogen-bond acceptors (Lipinski definition) is 2. The zero-order valence-electron chi connectivity index (χ0n) is 9.59. The molecule has 1 rings (SSSR count). The molecule has 0 fully saturated rings. The average Bonchev–Trinajstić information content (AvgIpc) is 2.28. The van der Waals surface area contributed by atoms with E-state index in [1.165, 1.54) is 17.7 Å². The van der Waals surface area contributed by atoms with Gasteiger partial charge in [-0.3, -0.25) is 0 Å². The lowest BCUT2D eigenvalue weighted by molar-refractivity contribution is 0.559. The van der Waals surface area contributed by atoms with Crippen LogP contribution in [0, 0.1) is 0 Å². The smallest absolute Gasteiger partial charge is 0.0603 e. The predicted molar refractivity (Wildman–Crippen MR) is 74.9 cm³/mol. The molecule has 0 aliphatic rings. The summed E-state index contributed by atoms with van der Waals surface area (Å²) in [5, 5.41) is 4.49. The van der Waals surface area contributed by atoms with Crippen molar-refractivity contribution in [2.45, 2.75) is 30.7 Å². The van der Waals surface area contributed by atoms with Gasteiger partial charge >= 0.3 is 0 Å². The normalized spacial score (nSPS) is 12.8. The van der Waals surface area contributed by atoms with E-state index < -0.39 is 0 Å². The SMILES string of the molecule is CNC(C)CCCSc1ccc(Cl)c(Cl)c1. The molecule has 0 spiro atoms. The van der Waals surface area contributed by atoms with E-state index in [4.69, 9.17) is 23.2 Å². The number of hydrogen-bond donors (Lipinski definition) is 1. The van der Waals surface area contributed by atoms with Crippen LogP contribution < -0.4 is 5.32 Å². The van der Waals surface area contributed by atoms with Crippen molar-refractivity contribution in [3.63, 3.8) is 0 Å². The molecular formula is C12H17Cl2NS. The van der Waals surface area contributed by atoms with E-state index in [2.05, 4.69) is 12.2 Å². The van der Waals surface area contributed by atoms with Crippen LogP contribution in [-0.4, -0.2) is 18.8 Å². The van der Waals surface area contributed by atoms with E-state index in [-0.39, 0.29) is 0 Å². The first kappa shape index (κ1) is 14.2. The summed E-state index contributed by atoms with van der Waals surface area (Å²) >= 11 is 13.6. The second-order valence-corrected chi connectivity index (χ2v) is 5.74. The molecular weight excluding hydrogens is 261 g/mol. The molecule has 0 aliphatic carbocycles. The van der Waals surface area contributed by atoms with Crippen molar-refractivity contribution in [1.82, 2.24) is 5.32 Å². The Morgan fingerprint density at radius 3 is 2.69 bits per heavy atom. The van der Waals surface area contributed by atoms with Gasteiger partial charge in [-0.15, -0.1) is 11.8 Å². The molecule has 1 aromatic rings. The van der Waals surface area contributed by atoms with Crippen LogP contribution in [0.15, 0.2) is 23.1 Å². The van der Waals surface area contributed by atoms with Gasteiger partial charge in [-0.25, -0.2) is 0 Å². The van der Waals surface area contributed by atoms with Gasteiger partial charge in [0.25, 0.3) is 0 Å². The number of nitrogens with one attached hydrogen (secondary N) is 1. The number of thioether (sulfide) groups is 1. The number of benzene rings is 1. The van der Waals surface area contributed by atoms with Crippen LogP contribution in [0.2, 0.25) is 10.0 Å². The Morgan fingerprint density at radius 2 is 2.06 bits per heavy atom. The largest absolute Gasteiger partial charge is 0.317 e. The van der Waals surface area contributed by atoms with E-state index in [0.29, 0.717) is 16.1 Å². The summed E-state index contributed by atoms with van der Waals surface area (Å²) in [5.74, 6) is 1.12. The van der Waals surface area contributed by atoms with Crippen LogP contribution in [0.25, 0.3) is 0 Å². The molecule has 90 valence electrons. The Hall–Kier alpha value is 0.110. The lowest BCUT2D eigenvalue weighted by Crippen LogP contribution is -2.20. The maximum Gasteiger partial charge on any atom is 0.0603 e. The van der Waals surface area contributed by atoms with E-state index in [1.54, 1.807) is 0 Å². The third kappa shape index (κ3) is 4.96. The molecule has 0 bridgehead atoms. The molecule has 1 N–H and O–H groups in total. The minimum absolute atomic E-state index is 0.592. The average molecular weight is 278 g/mol.